The highest BCUT2D eigenvalue weighted by atomic mass is 16.5. The van der Waals surface area contributed by atoms with Crippen LogP contribution in [-0.2, 0) is 13.6 Å². The zero-order chi connectivity index (χ0) is 17.9. The SMILES string of the molecule is Cn1ccnc1[C@@H]1CN(Cc2ccc(Oc3cnccn3)cc2)C[C@H]1N. The lowest BCUT2D eigenvalue weighted by Crippen LogP contribution is -2.29. The maximum Gasteiger partial charge on any atom is 0.237 e. The van der Waals surface area contributed by atoms with Crippen molar-refractivity contribution < 1.29 is 4.74 Å². The van der Waals surface area contributed by atoms with Crippen molar-refractivity contribution in [1.29, 1.82) is 0 Å². The Labute approximate surface area is 152 Å². The molecule has 2 N–H and O–H groups in total. The molecule has 7 nitrogen and oxygen atoms in total. The van der Waals surface area contributed by atoms with Gasteiger partial charge < -0.3 is 15.0 Å². The minimum Gasteiger partial charge on any atom is -0.438 e. The highest BCUT2D eigenvalue weighted by molar-refractivity contribution is 5.30. The fraction of sp³-hybridized carbons (Fsp3) is 0.316. The number of nitrogens with two attached hydrogens (primary N) is 1. The standard InChI is InChI=1S/C19H22N6O/c1-24-9-8-23-19(24)16-12-25(13-17(16)20)11-14-2-4-15(5-3-14)26-18-10-21-6-7-22-18/h2-10,16-17H,11-13,20H2,1H3/t16-,17-/m1/s1. The second-order valence-corrected chi connectivity index (χ2v) is 6.65. The van der Waals surface area contributed by atoms with Gasteiger partial charge in [0.25, 0.3) is 0 Å². The van der Waals surface area contributed by atoms with Gasteiger partial charge in [-0.15, -0.1) is 0 Å². The molecule has 0 spiro atoms. The Kier molecular flexibility index (Phi) is 4.64. The van der Waals surface area contributed by atoms with E-state index >= 15 is 0 Å². The quantitative estimate of drug-likeness (QED) is 0.757. The van der Waals surface area contributed by atoms with E-state index in [-0.39, 0.29) is 12.0 Å². The van der Waals surface area contributed by atoms with Crippen LogP contribution in [-0.4, -0.2) is 43.6 Å². The van der Waals surface area contributed by atoms with E-state index in [0.717, 1.165) is 31.2 Å². The number of imidazole rings is 1. The van der Waals surface area contributed by atoms with Gasteiger partial charge in [0.1, 0.15) is 11.6 Å². The molecule has 0 unspecified atom stereocenters. The summed E-state index contributed by atoms with van der Waals surface area (Å²) >= 11 is 0. The first-order chi connectivity index (χ1) is 12.7. The van der Waals surface area contributed by atoms with Crippen LogP contribution < -0.4 is 10.5 Å². The maximum absolute atomic E-state index is 6.37. The first-order valence-corrected chi connectivity index (χ1v) is 8.67. The molecule has 134 valence electrons. The van der Waals surface area contributed by atoms with Gasteiger partial charge in [-0.25, -0.2) is 9.97 Å². The minimum atomic E-state index is 0.107. The second-order valence-electron chi connectivity index (χ2n) is 6.65. The number of benzene rings is 1. The topological polar surface area (TPSA) is 82.1 Å². The van der Waals surface area contributed by atoms with Crippen LogP contribution in [0.5, 0.6) is 11.6 Å². The third-order valence-electron chi connectivity index (χ3n) is 4.72. The second kappa shape index (κ2) is 7.23. The van der Waals surface area contributed by atoms with Crippen molar-refractivity contribution in [3.8, 4) is 11.6 Å². The van der Waals surface area contributed by atoms with Crippen LogP contribution in [0.4, 0.5) is 0 Å². The smallest absolute Gasteiger partial charge is 0.237 e. The molecule has 26 heavy (non-hydrogen) atoms. The van der Waals surface area contributed by atoms with Crippen LogP contribution in [0.2, 0.25) is 0 Å². The number of nitrogens with zero attached hydrogens (tertiary/aromatic N) is 5. The summed E-state index contributed by atoms with van der Waals surface area (Å²) < 4.78 is 7.74. The molecule has 1 aliphatic rings. The van der Waals surface area contributed by atoms with E-state index < -0.39 is 0 Å². The van der Waals surface area contributed by atoms with Crippen LogP contribution in [0.1, 0.15) is 17.3 Å². The lowest BCUT2D eigenvalue weighted by molar-refractivity contribution is 0.322. The predicted molar refractivity (Wildman–Crippen MR) is 97.7 cm³/mol. The van der Waals surface area contributed by atoms with Gasteiger partial charge in [0.2, 0.25) is 5.88 Å². The van der Waals surface area contributed by atoms with Gasteiger partial charge >= 0.3 is 0 Å². The summed E-state index contributed by atoms with van der Waals surface area (Å²) in [6.07, 6.45) is 8.63. The van der Waals surface area contributed by atoms with Crippen molar-refractivity contribution in [3.63, 3.8) is 0 Å². The van der Waals surface area contributed by atoms with Crippen molar-refractivity contribution in [1.82, 2.24) is 24.4 Å². The van der Waals surface area contributed by atoms with Crippen molar-refractivity contribution in [2.75, 3.05) is 13.1 Å². The Morgan fingerprint density at radius 3 is 2.65 bits per heavy atom. The molecule has 0 amide bonds. The molecule has 0 radical (unpaired) electrons. The van der Waals surface area contributed by atoms with Gasteiger partial charge in [-0.3, -0.25) is 9.88 Å². The van der Waals surface area contributed by atoms with Crippen molar-refractivity contribution in [3.05, 3.63) is 66.6 Å². The van der Waals surface area contributed by atoms with Gasteiger partial charge in [-0.05, 0) is 17.7 Å². The Morgan fingerprint density at radius 2 is 1.96 bits per heavy atom. The third-order valence-corrected chi connectivity index (χ3v) is 4.72. The van der Waals surface area contributed by atoms with Gasteiger partial charge in [0.15, 0.2) is 0 Å². The summed E-state index contributed by atoms with van der Waals surface area (Å²) in [5.74, 6) is 2.57. The zero-order valence-corrected chi connectivity index (χ0v) is 14.7. The summed E-state index contributed by atoms with van der Waals surface area (Å²) in [5.41, 5.74) is 7.59. The number of rotatable bonds is 5. The molecule has 1 saturated heterocycles. The highest BCUT2D eigenvalue weighted by Gasteiger charge is 2.33. The molecule has 1 aliphatic heterocycles. The molecule has 2 aromatic heterocycles. The first kappa shape index (κ1) is 16.7. The summed E-state index contributed by atoms with van der Waals surface area (Å²) in [4.78, 5) is 15.0. The molecule has 2 atom stereocenters. The fourth-order valence-electron chi connectivity index (χ4n) is 3.43. The van der Waals surface area contributed by atoms with Crippen LogP contribution in [0.15, 0.2) is 55.2 Å². The molecule has 1 aromatic carbocycles. The first-order valence-electron chi connectivity index (χ1n) is 8.67. The van der Waals surface area contributed by atoms with Crippen molar-refractivity contribution in [2.45, 2.75) is 18.5 Å². The highest BCUT2D eigenvalue weighted by Crippen LogP contribution is 2.27. The molecule has 0 saturated carbocycles. The summed E-state index contributed by atoms with van der Waals surface area (Å²) in [5, 5.41) is 0. The molecule has 7 heteroatoms. The Bertz CT molecular complexity index is 848. The number of hydrogen-bond acceptors (Lipinski definition) is 6. The molecule has 3 heterocycles. The van der Waals surface area contributed by atoms with E-state index in [1.54, 1.807) is 18.6 Å². The Hall–Kier alpha value is -2.77. The zero-order valence-electron chi connectivity index (χ0n) is 14.7. The average Bonchev–Trinajstić information content (AvgIpc) is 3.22. The Balaban J connectivity index is 1.38. The van der Waals surface area contributed by atoms with Crippen molar-refractivity contribution in [2.24, 2.45) is 12.8 Å². The predicted octanol–water partition coefficient (Wildman–Crippen LogP) is 1.93. The fourth-order valence-corrected chi connectivity index (χ4v) is 3.43. The van der Waals surface area contributed by atoms with E-state index in [4.69, 9.17) is 10.5 Å². The lowest BCUT2D eigenvalue weighted by Gasteiger charge is -2.16. The number of aromatic nitrogens is 4. The largest absolute Gasteiger partial charge is 0.438 e. The van der Waals surface area contributed by atoms with E-state index in [1.165, 1.54) is 5.56 Å². The average molecular weight is 350 g/mol. The molecule has 0 aliphatic carbocycles. The maximum atomic E-state index is 6.37. The minimum absolute atomic E-state index is 0.107. The van der Waals surface area contributed by atoms with Crippen LogP contribution >= 0.6 is 0 Å². The number of aryl methyl sites for hydroxylation is 1. The van der Waals surface area contributed by atoms with Crippen molar-refractivity contribution >= 4 is 0 Å². The third kappa shape index (κ3) is 3.58. The van der Waals surface area contributed by atoms with Gasteiger partial charge in [0, 0.05) is 63.4 Å². The van der Waals surface area contributed by atoms with Crippen LogP contribution in [0.3, 0.4) is 0 Å². The molecule has 1 fully saturated rings. The summed E-state index contributed by atoms with van der Waals surface area (Å²) in [6.45, 7) is 2.65. The normalized spacial score (nSPS) is 20.4. The number of ether oxygens (including phenoxy) is 1. The monoisotopic (exact) mass is 350 g/mol. The summed E-state index contributed by atoms with van der Waals surface area (Å²) in [6, 6.07) is 8.17. The van der Waals surface area contributed by atoms with E-state index in [1.807, 2.05) is 31.6 Å². The van der Waals surface area contributed by atoms with E-state index in [2.05, 4.69) is 36.6 Å². The van der Waals surface area contributed by atoms with E-state index in [0.29, 0.717) is 5.88 Å². The van der Waals surface area contributed by atoms with Gasteiger partial charge in [-0.1, -0.05) is 12.1 Å². The van der Waals surface area contributed by atoms with E-state index in [9.17, 15) is 0 Å². The molecule has 3 aromatic rings. The number of likely N-dealkylation sites (tertiary alicyclic amines) is 1. The molecular weight excluding hydrogens is 328 g/mol. The molecule has 4 rings (SSSR count). The molecular formula is C19H22N6O. The summed E-state index contributed by atoms with van der Waals surface area (Å²) in [7, 11) is 2.02. The van der Waals surface area contributed by atoms with Gasteiger partial charge in [0.05, 0.1) is 6.20 Å². The molecule has 0 bridgehead atoms. The number of hydrogen-bond donors (Lipinski definition) is 1. The van der Waals surface area contributed by atoms with Gasteiger partial charge in [-0.2, -0.15) is 0 Å². The van der Waals surface area contributed by atoms with Crippen LogP contribution in [0.25, 0.3) is 0 Å². The Morgan fingerprint density at radius 1 is 1.12 bits per heavy atom. The lowest BCUT2D eigenvalue weighted by atomic mass is 10.0. The van der Waals surface area contributed by atoms with Crippen LogP contribution in [0, 0.1) is 0 Å².